The molecule has 1 unspecified atom stereocenters. The monoisotopic (exact) mass is 505 g/mol. The predicted octanol–water partition coefficient (Wildman–Crippen LogP) is 6.19. The van der Waals surface area contributed by atoms with Gasteiger partial charge < -0.3 is 14.8 Å². The summed E-state index contributed by atoms with van der Waals surface area (Å²) < 4.78 is 13.5. The largest absolute Gasteiger partial charge is 0.489 e. The first-order valence-corrected chi connectivity index (χ1v) is 13.4. The van der Waals surface area contributed by atoms with Crippen LogP contribution in [0.4, 0.5) is 0 Å². The van der Waals surface area contributed by atoms with Crippen LogP contribution in [0.1, 0.15) is 93.5 Å². The Hall–Kier alpha value is -3.35. The summed E-state index contributed by atoms with van der Waals surface area (Å²) in [5.74, 6) is 0.741. The van der Waals surface area contributed by atoms with Crippen molar-refractivity contribution in [2.75, 3.05) is 6.61 Å². The molecule has 1 fully saturated rings. The fraction of sp³-hybridized carbons (Fsp3) is 0.500. The number of rotatable bonds is 9. The number of aryl methyl sites for hydroxylation is 1. The van der Waals surface area contributed by atoms with Gasteiger partial charge in [-0.05, 0) is 70.6 Å². The second kappa shape index (κ2) is 11.8. The maximum absolute atomic E-state index is 13.6. The van der Waals surface area contributed by atoms with Crippen LogP contribution in [-0.4, -0.2) is 33.5 Å². The van der Waals surface area contributed by atoms with Gasteiger partial charge in [0.15, 0.2) is 11.4 Å². The SMILES string of the molecule is Cc1nc2c(OCC3CCCCC3)cccn2c1C(=O)NC(CCC(=O)OC(C)(C)C)c1ccccc1. The Morgan fingerprint density at radius 3 is 2.51 bits per heavy atom. The highest BCUT2D eigenvalue weighted by Crippen LogP contribution is 2.28. The van der Waals surface area contributed by atoms with Crippen molar-refractivity contribution in [1.29, 1.82) is 0 Å². The molecule has 1 saturated carbocycles. The number of pyridine rings is 1. The summed E-state index contributed by atoms with van der Waals surface area (Å²) in [5, 5.41) is 3.14. The smallest absolute Gasteiger partial charge is 0.306 e. The minimum atomic E-state index is -0.549. The van der Waals surface area contributed by atoms with Crippen molar-refractivity contribution >= 4 is 17.5 Å². The first-order chi connectivity index (χ1) is 17.7. The van der Waals surface area contributed by atoms with Gasteiger partial charge in [-0.3, -0.25) is 14.0 Å². The fourth-order valence-corrected chi connectivity index (χ4v) is 4.99. The molecular weight excluding hydrogens is 466 g/mol. The van der Waals surface area contributed by atoms with Gasteiger partial charge >= 0.3 is 5.97 Å². The third-order valence-corrected chi connectivity index (χ3v) is 6.77. The van der Waals surface area contributed by atoms with Crippen LogP contribution in [0.15, 0.2) is 48.7 Å². The Bertz CT molecular complexity index is 1210. The Kier molecular flexibility index (Phi) is 8.52. The van der Waals surface area contributed by atoms with Gasteiger partial charge in [0.2, 0.25) is 0 Å². The van der Waals surface area contributed by atoms with Gasteiger partial charge in [-0.1, -0.05) is 49.6 Å². The van der Waals surface area contributed by atoms with Crippen LogP contribution < -0.4 is 10.1 Å². The number of esters is 1. The number of hydrogen-bond donors (Lipinski definition) is 1. The highest BCUT2D eigenvalue weighted by atomic mass is 16.6. The van der Waals surface area contributed by atoms with Crippen molar-refractivity contribution in [3.63, 3.8) is 0 Å². The zero-order chi connectivity index (χ0) is 26.4. The van der Waals surface area contributed by atoms with Gasteiger partial charge in [-0.25, -0.2) is 4.98 Å². The summed E-state index contributed by atoms with van der Waals surface area (Å²) in [5.41, 5.74) is 2.13. The molecule has 1 aliphatic carbocycles. The summed E-state index contributed by atoms with van der Waals surface area (Å²) in [6.45, 7) is 8.06. The number of nitrogens with zero attached hydrogens (tertiary/aromatic N) is 2. The molecule has 1 aliphatic rings. The van der Waals surface area contributed by atoms with E-state index in [1.807, 2.05) is 76.4 Å². The lowest BCUT2D eigenvalue weighted by atomic mass is 9.90. The lowest BCUT2D eigenvalue weighted by molar-refractivity contribution is -0.155. The first kappa shape index (κ1) is 26.7. The van der Waals surface area contributed by atoms with Gasteiger partial charge in [-0.2, -0.15) is 0 Å². The van der Waals surface area contributed by atoms with E-state index < -0.39 is 5.60 Å². The van der Waals surface area contributed by atoms with E-state index in [-0.39, 0.29) is 24.3 Å². The average Bonchev–Trinajstić information content (AvgIpc) is 3.21. The second-order valence-corrected chi connectivity index (χ2v) is 11.0. The fourth-order valence-electron chi connectivity index (χ4n) is 4.99. The highest BCUT2D eigenvalue weighted by Gasteiger charge is 2.24. The molecule has 0 aliphatic heterocycles. The quantitative estimate of drug-likeness (QED) is 0.351. The van der Waals surface area contributed by atoms with Gasteiger partial charge in [0.05, 0.1) is 18.3 Å². The van der Waals surface area contributed by atoms with Crippen molar-refractivity contribution in [1.82, 2.24) is 14.7 Å². The summed E-state index contributed by atoms with van der Waals surface area (Å²) in [4.78, 5) is 30.7. The van der Waals surface area contributed by atoms with E-state index in [2.05, 4.69) is 5.32 Å². The van der Waals surface area contributed by atoms with Gasteiger partial charge in [-0.15, -0.1) is 0 Å². The molecule has 2 aromatic heterocycles. The second-order valence-electron chi connectivity index (χ2n) is 11.0. The predicted molar refractivity (Wildman–Crippen MR) is 144 cm³/mol. The number of hydrogen-bond acceptors (Lipinski definition) is 5. The molecule has 0 saturated heterocycles. The highest BCUT2D eigenvalue weighted by molar-refractivity contribution is 5.95. The lowest BCUT2D eigenvalue weighted by Crippen LogP contribution is -2.31. The summed E-state index contributed by atoms with van der Waals surface area (Å²) >= 11 is 0. The Morgan fingerprint density at radius 1 is 1.08 bits per heavy atom. The molecule has 3 aromatic rings. The zero-order valence-corrected chi connectivity index (χ0v) is 22.5. The number of benzene rings is 1. The zero-order valence-electron chi connectivity index (χ0n) is 22.5. The Labute approximate surface area is 219 Å². The van der Waals surface area contributed by atoms with Gasteiger partial charge in [0.1, 0.15) is 11.3 Å². The molecule has 1 aromatic carbocycles. The number of amides is 1. The molecule has 0 spiro atoms. The maximum atomic E-state index is 13.6. The molecule has 2 heterocycles. The molecule has 0 bridgehead atoms. The molecule has 7 nitrogen and oxygen atoms in total. The molecule has 198 valence electrons. The number of carbonyl (C=O) groups excluding carboxylic acids is 2. The van der Waals surface area contributed by atoms with E-state index in [0.717, 1.165) is 5.56 Å². The molecule has 1 atom stereocenters. The van der Waals surface area contributed by atoms with Crippen LogP contribution >= 0.6 is 0 Å². The van der Waals surface area contributed by atoms with Crippen LogP contribution in [-0.2, 0) is 9.53 Å². The van der Waals surface area contributed by atoms with Crippen LogP contribution in [0.5, 0.6) is 5.75 Å². The number of fused-ring (bicyclic) bond motifs is 1. The van der Waals surface area contributed by atoms with Crippen molar-refractivity contribution in [2.24, 2.45) is 5.92 Å². The number of nitrogens with one attached hydrogen (secondary N) is 1. The Balaban J connectivity index is 1.52. The van der Waals surface area contributed by atoms with E-state index >= 15 is 0 Å². The average molecular weight is 506 g/mol. The minimum Gasteiger partial charge on any atom is -0.489 e. The molecule has 0 radical (unpaired) electrons. The van der Waals surface area contributed by atoms with Crippen LogP contribution in [0.25, 0.3) is 5.65 Å². The molecule has 37 heavy (non-hydrogen) atoms. The molecule has 7 heteroatoms. The van der Waals surface area contributed by atoms with E-state index in [1.54, 1.807) is 4.40 Å². The standard InChI is InChI=1S/C30H39N3O4/c1-21-27(33-19-11-16-25(28(33)31-21)36-20-22-12-7-5-8-13-22)29(35)32-24(23-14-9-6-10-15-23)17-18-26(34)37-30(2,3)4/h6,9-11,14-16,19,22,24H,5,7-8,12-13,17-18,20H2,1-4H3,(H,32,35). The molecular formula is C30H39N3O4. The number of aromatic nitrogens is 2. The van der Waals surface area contributed by atoms with Crippen LogP contribution in [0.3, 0.4) is 0 Å². The third kappa shape index (κ3) is 7.12. The van der Waals surface area contributed by atoms with Crippen LogP contribution in [0.2, 0.25) is 0 Å². The molecule has 1 N–H and O–H groups in total. The van der Waals surface area contributed by atoms with Gasteiger partial charge in [0.25, 0.3) is 5.91 Å². The third-order valence-electron chi connectivity index (χ3n) is 6.77. The first-order valence-electron chi connectivity index (χ1n) is 13.4. The maximum Gasteiger partial charge on any atom is 0.306 e. The summed E-state index contributed by atoms with van der Waals surface area (Å²) in [7, 11) is 0. The summed E-state index contributed by atoms with van der Waals surface area (Å²) in [6, 6.07) is 13.2. The topological polar surface area (TPSA) is 81.9 Å². The van der Waals surface area contributed by atoms with Crippen molar-refractivity contribution in [2.45, 2.75) is 84.3 Å². The van der Waals surface area contributed by atoms with E-state index in [9.17, 15) is 9.59 Å². The number of imidazole rings is 1. The van der Waals surface area contributed by atoms with Crippen molar-refractivity contribution in [3.8, 4) is 5.75 Å². The minimum absolute atomic E-state index is 0.197. The van der Waals surface area contributed by atoms with Crippen molar-refractivity contribution < 1.29 is 19.1 Å². The number of ether oxygens (including phenoxy) is 2. The van der Waals surface area contributed by atoms with Gasteiger partial charge in [0, 0.05) is 12.6 Å². The lowest BCUT2D eigenvalue weighted by Gasteiger charge is -2.22. The summed E-state index contributed by atoms with van der Waals surface area (Å²) in [6.07, 6.45) is 8.71. The van der Waals surface area contributed by atoms with Crippen molar-refractivity contribution in [3.05, 3.63) is 65.6 Å². The molecule has 4 rings (SSSR count). The molecule has 1 amide bonds. The van der Waals surface area contributed by atoms with E-state index in [4.69, 9.17) is 14.5 Å². The Morgan fingerprint density at radius 2 is 1.81 bits per heavy atom. The van der Waals surface area contributed by atoms with E-state index in [1.165, 1.54) is 32.1 Å². The normalized spacial score (nSPS) is 15.4. The van der Waals surface area contributed by atoms with Crippen LogP contribution in [0, 0.1) is 12.8 Å². The van der Waals surface area contributed by atoms with E-state index in [0.29, 0.717) is 41.7 Å². The number of carbonyl (C=O) groups is 2.